The van der Waals surface area contributed by atoms with Crippen LogP contribution in [0.5, 0.6) is 5.75 Å². The Morgan fingerprint density at radius 3 is 2.22 bits per heavy atom. The molecule has 0 aromatic heterocycles. The van der Waals surface area contributed by atoms with Crippen molar-refractivity contribution in [2.45, 2.75) is 33.3 Å². The molecule has 0 spiro atoms. The molecule has 3 nitrogen and oxygen atoms in total. The maximum Gasteiger partial charge on any atom is 0.312 e. The van der Waals surface area contributed by atoms with Crippen LogP contribution in [0.3, 0.4) is 0 Å². The number of benzene rings is 2. The number of carbonyl (C=O) groups is 1. The van der Waals surface area contributed by atoms with E-state index in [0.717, 1.165) is 17.7 Å². The van der Waals surface area contributed by atoms with Crippen molar-refractivity contribution in [3.05, 3.63) is 66.2 Å². The maximum atomic E-state index is 12.4. The number of para-hydroxylation sites is 1. The molecule has 0 fully saturated rings. The molecule has 0 aliphatic carbocycles. The lowest BCUT2D eigenvalue weighted by atomic mass is 9.84. The van der Waals surface area contributed by atoms with Gasteiger partial charge in [0.05, 0.1) is 12.0 Å². The molecule has 0 N–H and O–H groups in total. The van der Waals surface area contributed by atoms with Crippen LogP contribution in [0.4, 0.5) is 0 Å². The van der Waals surface area contributed by atoms with Crippen LogP contribution in [0, 0.1) is 5.41 Å². The molecule has 0 amide bonds. The van der Waals surface area contributed by atoms with Gasteiger partial charge in [-0.25, -0.2) is 0 Å². The van der Waals surface area contributed by atoms with Gasteiger partial charge in [0.25, 0.3) is 0 Å². The minimum Gasteiger partial charge on any atom is -0.494 e. The first-order valence-corrected chi connectivity index (χ1v) is 8.03. The van der Waals surface area contributed by atoms with Crippen LogP contribution in [-0.4, -0.2) is 12.6 Å². The van der Waals surface area contributed by atoms with Crippen LogP contribution >= 0.6 is 0 Å². The van der Waals surface area contributed by atoms with Gasteiger partial charge in [0, 0.05) is 0 Å². The molecule has 122 valence electrons. The van der Waals surface area contributed by atoms with Gasteiger partial charge in [0.15, 0.2) is 0 Å². The molecule has 0 bridgehead atoms. The second-order valence-corrected chi connectivity index (χ2v) is 5.89. The van der Waals surface area contributed by atoms with Crippen molar-refractivity contribution in [1.82, 2.24) is 0 Å². The third-order valence-corrected chi connectivity index (χ3v) is 4.15. The van der Waals surface area contributed by atoms with E-state index in [2.05, 4.69) is 0 Å². The van der Waals surface area contributed by atoms with E-state index in [4.69, 9.17) is 9.47 Å². The summed E-state index contributed by atoms with van der Waals surface area (Å²) in [6, 6.07) is 19.4. The van der Waals surface area contributed by atoms with E-state index in [0.29, 0.717) is 19.6 Å². The first kappa shape index (κ1) is 17.1. The lowest BCUT2D eigenvalue weighted by molar-refractivity contribution is -0.157. The highest BCUT2D eigenvalue weighted by atomic mass is 16.5. The number of carbonyl (C=O) groups excluding carboxylic acids is 1. The summed E-state index contributed by atoms with van der Waals surface area (Å²) >= 11 is 0. The quantitative estimate of drug-likeness (QED) is 0.667. The fraction of sp³-hybridized carbons (Fsp3) is 0.350. The molecule has 0 saturated carbocycles. The minimum absolute atomic E-state index is 0.166. The van der Waals surface area contributed by atoms with E-state index < -0.39 is 5.41 Å². The molecule has 0 aliphatic heterocycles. The summed E-state index contributed by atoms with van der Waals surface area (Å²) in [6.45, 7) is 4.75. The van der Waals surface area contributed by atoms with Gasteiger partial charge in [-0.15, -0.1) is 0 Å². The van der Waals surface area contributed by atoms with E-state index in [1.165, 1.54) is 0 Å². The molecule has 0 aliphatic rings. The molecule has 0 saturated heterocycles. The predicted octanol–water partition coefficient (Wildman–Crippen LogP) is 4.62. The zero-order valence-corrected chi connectivity index (χ0v) is 13.8. The highest BCUT2D eigenvalue weighted by Crippen LogP contribution is 2.28. The molecule has 0 radical (unpaired) electrons. The number of hydrogen-bond acceptors (Lipinski definition) is 3. The highest BCUT2D eigenvalue weighted by molar-refractivity contribution is 5.76. The second-order valence-electron chi connectivity index (χ2n) is 5.89. The number of ether oxygens (including phenoxy) is 2. The van der Waals surface area contributed by atoms with Gasteiger partial charge in [0.2, 0.25) is 0 Å². The molecule has 1 unspecified atom stereocenters. The summed E-state index contributed by atoms with van der Waals surface area (Å²) in [4.78, 5) is 12.4. The average Bonchev–Trinajstić information content (AvgIpc) is 2.61. The van der Waals surface area contributed by atoms with Crippen molar-refractivity contribution < 1.29 is 14.3 Å². The van der Waals surface area contributed by atoms with Crippen LogP contribution < -0.4 is 4.74 Å². The van der Waals surface area contributed by atoms with Crippen molar-refractivity contribution in [2.75, 3.05) is 6.61 Å². The minimum atomic E-state index is -0.524. The van der Waals surface area contributed by atoms with Crippen LogP contribution in [0.15, 0.2) is 60.7 Å². The van der Waals surface area contributed by atoms with Crippen LogP contribution in [0.25, 0.3) is 0 Å². The lowest BCUT2D eigenvalue weighted by Gasteiger charge is -2.26. The maximum absolute atomic E-state index is 12.4. The lowest BCUT2D eigenvalue weighted by Crippen LogP contribution is -2.31. The SMILES string of the molecule is CCC(C)(CCOc1ccccc1)C(=O)OCc1ccccc1. The Morgan fingerprint density at radius 1 is 1.00 bits per heavy atom. The van der Waals surface area contributed by atoms with Crippen molar-refractivity contribution in [3.8, 4) is 5.75 Å². The van der Waals surface area contributed by atoms with Gasteiger partial charge in [-0.3, -0.25) is 4.79 Å². The number of rotatable bonds is 8. The fourth-order valence-electron chi connectivity index (χ4n) is 2.23. The summed E-state index contributed by atoms with van der Waals surface area (Å²) in [5.74, 6) is 0.657. The van der Waals surface area contributed by atoms with Crippen molar-refractivity contribution in [3.63, 3.8) is 0 Å². The Hall–Kier alpha value is -2.29. The van der Waals surface area contributed by atoms with E-state index in [1.54, 1.807) is 0 Å². The third-order valence-electron chi connectivity index (χ3n) is 4.15. The average molecular weight is 312 g/mol. The summed E-state index contributed by atoms with van der Waals surface area (Å²) in [7, 11) is 0. The summed E-state index contributed by atoms with van der Waals surface area (Å²) in [6.07, 6.45) is 1.35. The Balaban J connectivity index is 1.84. The molecule has 2 aromatic rings. The van der Waals surface area contributed by atoms with E-state index in [1.807, 2.05) is 74.5 Å². The molecule has 23 heavy (non-hydrogen) atoms. The van der Waals surface area contributed by atoms with Gasteiger partial charge in [-0.1, -0.05) is 55.5 Å². The Labute approximate surface area is 138 Å². The smallest absolute Gasteiger partial charge is 0.312 e. The topological polar surface area (TPSA) is 35.5 Å². The zero-order chi connectivity index (χ0) is 16.5. The van der Waals surface area contributed by atoms with E-state index >= 15 is 0 Å². The van der Waals surface area contributed by atoms with E-state index in [9.17, 15) is 4.79 Å². The van der Waals surface area contributed by atoms with Gasteiger partial charge in [0.1, 0.15) is 12.4 Å². The number of hydrogen-bond donors (Lipinski definition) is 0. The number of esters is 1. The Morgan fingerprint density at radius 2 is 1.61 bits per heavy atom. The van der Waals surface area contributed by atoms with Crippen LogP contribution in [-0.2, 0) is 16.1 Å². The van der Waals surface area contributed by atoms with Crippen molar-refractivity contribution in [2.24, 2.45) is 5.41 Å². The zero-order valence-electron chi connectivity index (χ0n) is 13.8. The molecule has 2 aromatic carbocycles. The van der Waals surface area contributed by atoms with Crippen LogP contribution in [0.1, 0.15) is 32.3 Å². The van der Waals surface area contributed by atoms with Gasteiger partial charge in [-0.2, -0.15) is 0 Å². The largest absolute Gasteiger partial charge is 0.494 e. The fourth-order valence-corrected chi connectivity index (χ4v) is 2.23. The molecular weight excluding hydrogens is 288 g/mol. The summed E-state index contributed by atoms with van der Waals surface area (Å²) < 4.78 is 11.2. The van der Waals surface area contributed by atoms with Gasteiger partial charge < -0.3 is 9.47 Å². The Kier molecular flexibility index (Phi) is 6.21. The van der Waals surface area contributed by atoms with Crippen molar-refractivity contribution in [1.29, 1.82) is 0 Å². The molecule has 3 heteroatoms. The standard InChI is InChI=1S/C20H24O3/c1-3-20(2,14-15-22-18-12-8-5-9-13-18)19(21)23-16-17-10-6-4-7-11-17/h4-13H,3,14-16H2,1-2H3. The molecule has 1 atom stereocenters. The van der Waals surface area contributed by atoms with Gasteiger partial charge >= 0.3 is 5.97 Å². The first-order chi connectivity index (χ1) is 11.1. The van der Waals surface area contributed by atoms with Gasteiger partial charge in [-0.05, 0) is 37.5 Å². The predicted molar refractivity (Wildman–Crippen MR) is 91.2 cm³/mol. The summed E-state index contributed by atoms with van der Waals surface area (Å²) in [5, 5.41) is 0. The molecular formula is C20H24O3. The first-order valence-electron chi connectivity index (χ1n) is 8.03. The second kappa shape index (κ2) is 8.37. The normalized spacial score (nSPS) is 13.1. The van der Waals surface area contributed by atoms with Crippen LogP contribution in [0.2, 0.25) is 0 Å². The highest BCUT2D eigenvalue weighted by Gasteiger charge is 2.33. The molecule has 2 rings (SSSR count). The Bertz CT molecular complexity index is 595. The monoisotopic (exact) mass is 312 g/mol. The molecule has 0 heterocycles. The van der Waals surface area contributed by atoms with E-state index in [-0.39, 0.29) is 5.97 Å². The summed E-state index contributed by atoms with van der Waals surface area (Å²) in [5.41, 5.74) is 0.476. The van der Waals surface area contributed by atoms with Crippen molar-refractivity contribution >= 4 is 5.97 Å². The third kappa shape index (κ3) is 5.13.